The molecule has 8 heteroatoms. The van der Waals surface area contributed by atoms with E-state index >= 15 is 0 Å². The summed E-state index contributed by atoms with van der Waals surface area (Å²) in [6.07, 6.45) is 0.828. The zero-order valence-corrected chi connectivity index (χ0v) is 19.6. The molecule has 0 radical (unpaired) electrons. The number of carbonyl (C=O) groups excluding carboxylic acids is 1. The largest absolute Gasteiger partial charge is 0.493 e. The van der Waals surface area contributed by atoms with Crippen LogP contribution in [-0.4, -0.2) is 51.6 Å². The monoisotopic (exact) mass is 512 g/mol. The Labute approximate surface area is 189 Å². The number of ether oxygens (including phenoxy) is 2. The van der Waals surface area contributed by atoms with Crippen LogP contribution in [0.5, 0.6) is 11.5 Å². The number of nitrogens with zero attached hydrogens (tertiary/aromatic N) is 2. The molecule has 0 aliphatic rings. The van der Waals surface area contributed by atoms with E-state index in [-0.39, 0.29) is 24.0 Å². The minimum Gasteiger partial charge on any atom is -0.493 e. The van der Waals surface area contributed by atoms with Crippen molar-refractivity contribution in [1.82, 2.24) is 10.2 Å². The van der Waals surface area contributed by atoms with Crippen LogP contribution in [0.2, 0.25) is 0 Å². The van der Waals surface area contributed by atoms with E-state index in [1.54, 1.807) is 33.4 Å². The fourth-order valence-corrected chi connectivity index (χ4v) is 2.84. The Hall–Kier alpha value is -2.49. The highest BCUT2D eigenvalue weighted by Crippen LogP contribution is 2.27. The van der Waals surface area contributed by atoms with Crippen molar-refractivity contribution in [2.45, 2.75) is 13.0 Å². The lowest BCUT2D eigenvalue weighted by Gasteiger charge is -2.22. The van der Waals surface area contributed by atoms with Gasteiger partial charge in [0.25, 0.3) is 0 Å². The first-order valence-corrected chi connectivity index (χ1v) is 9.00. The van der Waals surface area contributed by atoms with Crippen molar-refractivity contribution in [1.29, 1.82) is 0 Å². The number of aliphatic imine (C=N–C) groups is 1. The Morgan fingerprint density at radius 1 is 1.10 bits per heavy atom. The van der Waals surface area contributed by atoms with Gasteiger partial charge in [0.05, 0.1) is 14.2 Å². The fraction of sp³-hybridized carbons (Fsp3) is 0.333. The molecule has 0 aromatic heterocycles. The summed E-state index contributed by atoms with van der Waals surface area (Å²) in [7, 11) is 6.98. The predicted octanol–water partition coefficient (Wildman–Crippen LogP) is 2.67. The molecule has 0 heterocycles. The average Bonchev–Trinajstić information content (AvgIpc) is 2.72. The number of guanidine groups is 1. The number of carbonyl (C=O) groups is 1. The molecule has 2 aromatic carbocycles. The van der Waals surface area contributed by atoms with Gasteiger partial charge in [0.2, 0.25) is 5.91 Å². The molecule has 0 bridgehead atoms. The topological polar surface area (TPSA) is 89.2 Å². The molecule has 29 heavy (non-hydrogen) atoms. The first kappa shape index (κ1) is 24.5. The average molecular weight is 512 g/mol. The van der Waals surface area contributed by atoms with Gasteiger partial charge in [-0.25, -0.2) is 0 Å². The second kappa shape index (κ2) is 12.2. The molecule has 0 aliphatic carbocycles. The van der Waals surface area contributed by atoms with Gasteiger partial charge in [-0.2, -0.15) is 0 Å². The van der Waals surface area contributed by atoms with E-state index in [2.05, 4.69) is 15.2 Å². The molecule has 3 N–H and O–H groups in total. The van der Waals surface area contributed by atoms with E-state index in [9.17, 15) is 4.79 Å². The number of nitrogens with one attached hydrogen (secondary N) is 1. The summed E-state index contributed by atoms with van der Waals surface area (Å²) in [6, 6.07) is 13.2. The Morgan fingerprint density at radius 3 is 2.45 bits per heavy atom. The summed E-state index contributed by atoms with van der Waals surface area (Å²) in [6.45, 7) is 1.32. The number of hydrogen-bond donors (Lipinski definition) is 2. The number of methoxy groups -OCH3 is 2. The normalized spacial score (nSPS) is 10.7. The highest BCUT2D eigenvalue weighted by Gasteiger charge is 2.09. The lowest BCUT2D eigenvalue weighted by atomic mass is 10.1. The van der Waals surface area contributed by atoms with Crippen LogP contribution in [0.1, 0.15) is 21.5 Å². The van der Waals surface area contributed by atoms with Crippen molar-refractivity contribution < 1.29 is 14.3 Å². The van der Waals surface area contributed by atoms with Gasteiger partial charge >= 0.3 is 0 Å². The van der Waals surface area contributed by atoms with Gasteiger partial charge in [-0.1, -0.05) is 18.2 Å². The van der Waals surface area contributed by atoms with Crippen LogP contribution in [0, 0.1) is 0 Å². The maximum absolute atomic E-state index is 11.3. The van der Waals surface area contributed by atoms with Crippen LogP contribution in [-0.2, 0) is 13.0 Å². The van der Waals surface area contributed by atoms with Gasteiger partial charge in [-0.15, -0.1) is 24.0 Å². The van der Waals surface area contributed by atoms with Crippen molar-refractivity contribution in [3.63, 3.8) is 0 Å². The number of rotatable bonds is 8. The lowest BCUT2D eigenvalue weighted by molar-refractivity contribution is 0.1000. The van der Waals surface area contributed by atoms with E-state index in [1.807, 2.05) is 37.4 Å². The molecule has 0 unspecified atom stereocenters. The summed E-state index contributed by atoms with van der Waals surface area (Å²) in [5.41, 5.74) is 7.95. The predicted molar refractivity (Wildman–Crippen MR) is 126 cm³/mol. The molecule has 158 valence electrons. The number of likely N-dealkylation sites (N-methyl/N-ethyl adjacent to an activating group) is 1. The second-order valence-corrected chi connectivity index (χ2v) is 6.33. The summed E-state index contributed by atoms with van der Waals surface area (Å²) in [5.74, 6) is 1.78. The first-order valence-electron chi connectivity index (χ1n) is 9.00. The molecular weight excluding hydrogens is 483 g/mol. The lowest BCUT2D eigenvalue weighted by Crippen LogP contribution is -2.39. The van der Waals surface area contributed by atoms with Crippen LogP contribution in [0.15, 0.2) is 47.5 Å². The van der Waals surface area contributed by atoms with Crippen molar-refractivity contribution in [3.05, 3.63) is 59.2 Å². The number of hydrogen-bond acceptors (Lipinski definition) is 4. The van der Waals surface area contributed by atoms with E-state index in [4.69, 9.17) is 15.2 Å². The Balaban J connectivity index is 0.00000420. The van der Waals surface area contributed by atoms with Crippen molar-refractivity contribution >= 4 is 35.8 Å². The van der Waals surface area contributed by atoms with Crippen LogP contribution in [0.3, 0.4) is 0 Å². The molecule has 2 rings (SSSR count). The third-order valence-electron chi connectivity index (χ3n) is 4.42. The molecule has 0 saturated carbocycles. The van der Waals surface area contributed by atoms with Gasteiger partial charge in [0, 0.05) is 32.7 Å². The van der Waals surface area contributed by atoms with Gasteiger partial charge in [-0.05, 0) is 41.8 Å². The Kier molecular flexibility index (Phi) is 10.3. The van der Waals surface area contributed by atoms with Crippen LogP contribution < -0.4 is 20.5 Å². The molecule has 0 saturated heterocycles. The molecule has 0 fully saturated rings. The summed E-state index contributed by atoms with van der Waals surface area (Å²) < 4.78 is 10.6. The van der Waals surface area contributed by atoms with Crippen molar-refractivity contribution in [2.24, 2.45) is 10.7 Å². The number of nitrogens with two attached hydrogens (primary N) is 1. The minimum absolute atomic E-state index is 0. The maximum atomic E-state index is 11.3. The van der Waals surface area contributed by atoms with Gasteiger partial charge < -0.3 is 25.4 Å². The van der Waals surface area contributed by atoms with Gasteiger partial charge in [0.1, 0.15) is 0 Å². The highest BCUT2D eigenvalue weighted by molar-refractivity contribution is 14.0. The Bertz CT molecular complexity index is 842. The zero-order valence-electron chi connectivity index (χ0n) is 17.3. The van der Waals surface area contributed by atoms with Crippen LogP contribution in [0.4, 0.5) is 0 Å². The number of primary amides is 1. The SMILES string of the molecule is CN=C(NCc1cccc(C(N)=O)c1)N(C)CCc1ccc(OC)c(OC)c1.I. The molecule has 0 spiro atoms. The summed E-state index contributed by atoms with van der Waals surface area (Å²) >= 11 is 0. The smallest absolute Gasteiger partial charge is 0.248 e. The molecule has 1 amide bonds. The quantitative estimate of drug-likeness (QED) is 0.323. The molecule has 0 aliphatic heterocycles. The molecular formula is C21H29IN4O3. The number of halogens is 1. The maximum Gasteiger partial charge on any atom is 0.248 e. The highest BCUT2D eigenvalue weighted by atomic mass is 127. The number of amides is 1. The van der Waals surface area contributed by atoms with Gasteiger partial charge in [-0.3, -0.25) is 9.79 Å². The van der Waals surface area contributed by atoms with E-state index in [1.165, 1.54) is 0 Å². The third-order valence-corrected chi connectivity index (χ3v) is 4.42. The van der Waals surface area contributed by atoms with Gasteiger partial charge in [0.15, 0.2) is 17.5 Å². The van der Waals surface area contributed by atoms with Crippen LogP contribution >= 0.6 is 24.0 Å². The van der Waals surface area contributed by atoms with E-state index in [0.29, 0.717) is 12.1 Å². The van der Waals surface area contributed by atoms with Crippen molar-refractivity contribution in [2.75, 3.05) is 34.9 Å². The van der Waals surface area contributed by atoms with Crippen LogP contribution in [0.25, 0.3) is 0 Å². The summed E-state index contributed by atoms with van der Waals surface area (Å²) in [4.78, 5) is 17.7. The number of benzene rings is 2. The molecule has 2 aromatic rings. The first-order chi connectivity index (χ1) is 13.5. The fourth-order valence-electron chi connectivity index (χ4n) is 2.84. The van der Waals surface area contributed by atoms with E-state index < -0.39 is 5.91 Å². The van der Waals surface area contributed by atoms with E-state index in [0.717, 1.165) is 41.6 Å². The van der Waals surface area contributed by atoms with Crippen molar-refractivity contribution in [3.8, 4) is 11.5 Å². The molecule has 7 nitrogen and oxygen atoms in total. The third kappa shape index (κ3) is 7.12. The zero-order chi connectivity index (χ0) is 20.5. The second-order valence-electron chi connectivity index (χ2n) is 6.33. The molecule has 0 atom stereocenters. The summed E-state index contributed by atoms with van der Waals surface area (Å²) in [5, 5.41) is 3.31. The standard InChI is InChI=1S/C21H28N4O3.HI/c1-23-21(24-14-16-6-5-7-17(12-16)20(22)26)25(2)11-10-15-8-9-18(27-3)19(13-15)28-4;/h5-9,12-13H,10-11,14H2,1-4H3,(H2,22,26)(H,23,24);1H. The minimum atomic E-state index is -0.432. The Morgan fingerprint density at radius 2 is 1.83 bits per heavy atom.